The van der Waals surface area contributed by atoms with Crippen molar-refractivity contribution >= 4 is 17.9 Å². The normalized spacial score (nSPS) is 41.9. The van der Waals surface area contributed by atoms with Crippen LogP contribution >= 0.6 is 0 Å². The highest BCUT2D eigenvalue weighted by Gasteiger charge is 2.78. The van der Waals surface area contributed by atoms with E-state index in [1.807, 2.05) is 13.8 Å². The third kappa shape index (κ3) is 3.68. The molecular weight excluding hydrogens is 505 g/mol. The second kappa shape index (κ2) is 9.68. The summed E-state index contributed by atoms with van der Waals surface area (Å²) in [6.07, 6.45) is -0.692. The molecule has 7 nitrogen and oxygen atoms in total. The molecule has 0 aliphatic heterocycles. The highest BCUT2D eigenvalue weighted by atomic mass is 19.1. The molecule has 2 saturated carbocycles. The molecule has 0 saturated heterocycles. The molecule has 0 unspecified atom stereocenters. The molecule has 4 aliphatic carbocycles. The van der Waals surface area contributed by atoms with E-state index < -0.39 is 76.9 Å². The zero-order valence-electron chi connectivity index (χ0n) is 22.5. The summed E-state index contributed by atoms with van der Waals surface area (Å²) in [6.45, 7) is 6.82. The molecule has 38 heavy (non-hydrogen) atoms. The van der Waals surface area contributed by atoms with Crippen molar-refractivity contribution in [3.8, 4) is 0 Å². The van der Waals surface area contributed by atoms with Crippen LogP contribution in [-0.2, 0) is 23.8 Å². The summed E-state index contributed by atoms with van der Waals surface area (Å²) >= 11 is 0. The van der Waals surface area contributed by atoms with Crippen LogP contribution in [0.15, 0.2) is 23.6 Å². The molecule has 0 aromatic rings. The lowest BCUT2D eigenvalue weighted by Crippen LogP contribution is -2.70. The van der Waals surface area contributed by atoms with E-state index in [2.05, 4.69) is 0 Å². The predicted octanol–water partition coefficient (Wildman–Crippen LogP) is 5.45. The number of fused-ring (bicyclic) bond motifs is 5. The van der Waals surface area contributed by atoms with Gasteiger partial charge in [0.05, 0.1) is 6.10 Å². The quantitative estimate of drug-likeness (QED) is 0.446. The average Bonchev–Trinajstić information content (AvgIpc) is 3.07. The molecule has 10 heteroatoms. The molecule has 0 spiro atoms. The monoisotopic (exact) mass is 542 g/mol. The molecule has 2 fully saturated rings. The summed E-state index contributed by atoms with van der Waals surface area (Å²) in [7, 11) is 0. The Morgan fingerprint density at radius 1 is 1.21 bits per heavy atom. The van der Waals surface area contributed by atoms with Gasteiger partial charge in [0.1, 0.15) is 11.9 Å². The minimum absolute atomic E-state index is 0.0190. The largest absolute Gasteiger partial charge is 0.509 e. The third-order valence-electron chi connectivity index (χ3n) is 10.1. The zero-order chi connectivity index (χ0) is 28.3. The van der Waals surface area contributed by atoms with Gasteiger partial charge < -0.3 is 19.3 Å². The molecule has 4 aliphatic rings. The maximum atomic E-state index is 17.4. The van der Waals surface area contributed by atoms with Crippen molar-refractivity contribution in [1.82, 2.24) is 0 Å². The van der Waals surface area contributed by atoms with Crippen LogP contribution in [0.1, 0.15) is 73.1 Å². The molecule has 0 bridgehead atoms. The van der Waals surface area contributed by atoms with Gasteiger partial charge in [0.15, 0.2) is 11.5 Å². The maximum absolute atomic E-state index is 17.4. The van der Waals surface area contributed by atoms with Crippen molar-refractivity contribution < 1.29 is 46.9 Å². The average molecular weight is 543 g/mol. The maximum Gasteiger partial charge on any atom is 0.509 e. The Balaban J connectivity index is 1.82. The first-order valence-electron chi connectivity index (χ1n) is 13.4. The van der Waals surface area contributed by atoms with Gasteiger partial charge in [-0.3, -0.25) is 4.79 Å². The van der Waals surface area contributed by atoms with Crippen LogP contribution in [0.4, 0.5) is 18.0 Å². The highest BCUT2D eigenvalue weighted by Crippen LogP contribution is 2.71. The molecule has 0 heterocycles. The van der Waals surface area contributed by atoms with Crippen LogP contribution < -0.4 is 0 Å². The molecular formula is C28H37F3O7. The molecule has 8 atom stereocenters. The van der Waals surface area contributed by atoms with Gasteiger partial charge in [-0.2, -0.15) is 0 Å². The summed E-state index contributed by atoms with van der Waals surface area (Å²) in [5.74, 6) is -4.79. The van der Waals surface area contributed by atoms with Gasteiger partial charge in [-0.25, -0.2) is 22.8 Å². The van der Waals surface area contributed by atoms with E-state index in [1.165, 1.54) is 19.1 Å². The number of esters is 1. The number of hydrogen-bond acceptors (Lipinski definition) is 7. The Kier molecular flexibility index (Phi) is 7.30. The molecule has 0 radical (unpaired) electrons. The summed E-state index contributed by atoms with van der Waals surface area (Å²) in [6, 6.07) is 0. The Labute approximate surface area is 220 Å². The van der Waals surface area contributed by atoms with Crippen molar-refractivity contribution in [3.63, 3.8) is 0 Å². The van der Waals surface area contributed by atoms with Gasteiger partial charge in [0.2, 0.25) is 12.5 Å². The smallest absolute Gasteiger partial charge is 0.431 e. The lowest BCUT2D eigenvalue weighted by molar-refractivity contribution is -0.230. The second-order valence-corrected chi connectivity index (χ2v) is 11.7. The fourth-order valence-corrected chi connectivity index (χ4v) is 8.10. The summed E-state index contributed by atoms with van der Waals surface area (Å²) in [5, 5.41) is 11.5. The van der Waals surface area contributed by atoms with Gasteiger partial charge >= 0.3 is 12.1 Å². The van der Waals surface area contributed by atoms with E-state index in [4.69, 9.17) is 14.2 Å². The van der Waals surface area contributed by atoms with E-state index in [-0.39, 0.29) is 37.0 Å². The zero-order valence-corrected chi connectivity index (χ0v) is 22.5. The van der Waals surface area contributed by atoms with Gasteiger partial charge in [0.25, 0.3) is 0 Å². The first kappa shape index (κ1) is 28.6. The number of aliphatic hydroxyl groups is 1. The number of alkyl halides is 2. The van der Waals surface area contributed by atoms with Crippen molar-refractivity contribution in [1.29, 1.82) is 0 Å². The van der Waals surface area contributed by atoms with Crippen LogP contribution in [0, 0.1) is 28.6 Å². The number of halogens is 3. The lowest BCUT2D eigenvalue weighted by Gasteiger charge is -2.62. The highest BCUT2D eigenvalue weighted by molar-refractivity contribution is 5.93. The molecule has 0 aromatic carbocycles. The van der Waals surface area contributed by atoms with Crippen LogP contribution in [0.3, 0.4) is 0 Å². The molecule has 4 rings (SSSR count). The van der Waals surface area contributed by atoms with Gasteiger partial charge in [0, 0.05) is 35.5 Å². The number of rotatable bonds is 6. The lowest BCUT2D eigenvalue weighted by atomic mass is 9.45. The number of ketones is 1. The molecule has 1 N–H and O–H groups in total. The van der Waals surface area contributed by atoms with Crippen molar-refractivity contribution in [2.75, 3.05) is 6.86 Å². The van der Waals surface area contributed by atoms with Crippen LogP contribution in [0.25, 0.3) is 0 Å². The summed E-state index contributed by atoms with van der Waals surface area (Å²) in [5.41, 5.74) is -7.47. The second-order valence-electron chi connectivity index (χ2n) is 11.7. The number of allylic oxidation sites excluding steroid dienone is 4. The Morgan fingerprint density at radius 2 is 1.87 bits per heavy atom. The van der Waals surface area contributed by atoms with E-state index in [0.29, 0.717) is 12.8 Å². The fraction of sp³-hybridized carbons (Fsp3) is 0.750. The molecule has 212 valence electrons. The SMILES string of the molecule is CCC(CC)OC(=O)O[C@]1(C(=O)OCF)[C@H](C)C[C@H]2[C@@H]3CC(F)=C4CC(=O)C=C[C@]4(C)[C@@]3(F)[C@@H](O)C[C@@]21C. The number of aliphatic hydroxyl groups excluding tert-OH is 1. The summed E-state index contributed by atoms with van der Waals surface area (Å²) in [4.78, 5) is 38.5. The predicted molar refractivity (Wildman–Crippen MR) is 130 cm³/mol. The standard InChI is InChI=1S/C28H37F3O7/c1-6-17(7-2)37-24(35)38-28(23(34)36-14-29)15(3)10-18-19-12-21(30)20-11-16(32)8-9-25(20,4)27(19,31)22(33)13-26(18,28)5/h8-9,15,17-19,22,33H,6-7,10-14H2,1-5H3/t15-,18+,19+,22+,25+,26+,27+,28+/m1/s1. The van der Waals surface area contributed by atoms with E-state index in [0.717, 1.165) is 0 Å². The van der Waals surface area contributed by atoms with Crippen molar-refractivity contribution in [2.24, 2.45) is 28.6 Å². The first-order valence-corrected chi connectivity index (χ1v) is 13.4. The van der Waals surface area contributed by atoms with E-state index in [1.54, 1.807) is 13.8 Å². The minimum Gasteiger partial charge on any atom is -0.431 e. The number of ether oxygens (including phenoxy) is 3. The summed E-state index contributed by atoms with van der Waals surface area (Å²) < 4.78 is 62.2. The molecule has 0 amide bonds. The number of carbonyl (C=O) groups excluding carboxylic acids is 3. The van der Waals surface area contributed by atoms with Gasteiger partial charge in [-0.1, -0.05) is 33.8 Å². The van der Waals surface area contributed by atoms with E-state index >= 15 is 8.78 Å². The minimum atomic E-state index is -2.37. The Morgan fingerprint density at radius 3 is 2.47 bits per heavy atom. The van der Waals surface area contributed by atoms with Crippen LogP contribution in [-0.4, -0.2) is 53.4 Å². The van der Waals surface area contributed by atoms with Crippen molar-refractivity contribution in [2.45, 2.75) is 96.6 Å². The van der Waals surface area contributed by atoms with Crippen LogP contribution in [0.5, 0.6) is 0 Å². The van der Waals surface area contributed by atoms with Crippen LogP contribution in [0.2, 0.25) is 0 Å². The number of carbonyl (C=O) groups is 3. The van der Waals surface area contributed by atoms with Crippen molar-refractivity contribution in [3.05, 3.63) is 23.6 Å². The van der Waals surface area contributed by atoms with E-state index in [9.17, 15) is 23.9 Å². The van der Waals surface area contributed by atoms with Gasteiger partial charge in [-0.15, -0.1) is 0 Å². The topological polar surface area (TPSA) is 99.1 Å². The Hall–Kier alpha value is -2.36. The third-order valence-corrected chi connectivity index (χ3v) is 10.1. The first-order chi connectivity index (χ1) is 17.8. The fourth-order valence-electron chi connectivity index (χ4n) is 8.10. The number of hydrogen-bond donors (Lipinski definition) is 1. The molecule has 0 aromatic heterocycles. The van der Waals surface area contributed by atoms with Gasteiger partial charge in [-0.05, 0) is 50.2 Å². The Bertz CT molecular complexity index is 1070.